The Morgan fingerprint density at radius 3 is 2.39 bits per heavy atom. The predicted molar refractivity (Wildman–Crippen MR) is 94.8 cm³/mol. The summed E-state index contributed by atoms with van der Waals surface area (Å²) in [6, 6.07) is 15.9. The zero-order valence-electron chi connectivity index (χ0n) is 11.9. The number of aromatic nitrogens is 1. The Morgan fingerprint density at radius 2 is 1.70 bits per heavy atom. The van der Waals surface area contributed by atoms with Crippen LogP contribution in [-0.2, 0) is 0 Å². The Hall–Kier alpha value is -1.55. The fourth-order valence-corrected chi connectivity index (χ4v) is 3.88. The van der Waals surface area contributed by atoms with Crippen molar-refractivity contribution in [2.24, 2.45) is 0 Å². The molecule has 0 radical (unpaired) electrons. The van der Waals surface area contributed by atoms with Crippen molar-refractivity contribution < 1.29 is 4.39 Å². The normalized spacial score (nSPS) is 12.1. The van der Waals surface area contributed by atoms with E-state index in [4.69, 9.17) is 23.2 Å². The van der Waals surface area contributed by atoms with Crippen LogP contribution < -0.4 is 0 Å². The lowest BCUT2D eigenvalue weighted by Crippen LogP contribution is -1.98. The standard InChI is InChI=1S/C18H12Cl2FNS/c19-15-4-1-5-16(17(15)20)23-18(13-3-2-10-22-11-13)12-6-8-14(21)9-7-12/h1-11,18H. The highest BCUT2D eigenvalue weighted by Crippen LogP contribution is 2.44. The van der Waals surface area contributed by atoms with Crippen molar-refractivity contribution in [2.45, 2.75) is 10.1 Å². The number of benzene rings is 2. The third-order valence-corrected chi connectivity index (χ3v) is 5.63. The Balaban J connectivity index is 2.02. The average Bonchev–Trinajstić information content (AvgIpc) is 2.58. The largest absolute Gasteiger partial charge is 0.264 e. The van der Waals surface area contributed by atoms with Crippen molar-refractivity contribution in [3.8, 4) is 0 Å². The van der Waals surface area contributed by atoms with E-state index >= 15 is 0 Å². The summed E-state index contributed by atoms with van der Waals surface area (Å²) in [6.07, 6.45) is 3.53. The van der Waals surface area contributed by atoms with Crippen molar-refractivity contribution in [1.29, 1.82) is 0 Å². The van der Waals surface area contributed by atoms with Crippen LogP contribution in [-0.4, -0.2) is 4.98 Å². The van der Waals surface area contributed by atoms with Gasteiger partial charge in [-0.15, -0.1) is 11.8 Å². The molecule has 1 aromatic heterocycles. The van der Waals surface area contributed by atoms with Gasteiger partial charge in [0.15, 0.2) is 0 Å². The van der Waals surface area contributed by atoms with Gasteiger partial charge in [0.1, 0.15) is 5.82 Å². The number of halogens is 3. The molecule has 1 unspecified atom stereocenters. The van der Waals surface area contributed by atoms with Crippen LogP contribution in [0, 0.1) is 5.82 Å². The fourth-order valence-electron chi connectivity index (χ4n) is 2.20. The molecule has 3 aromatic rings. The molecule has 0 aliphatic heterocycles. The summed E-state index contributed by atoms with van der Waals surface area (Å²) in [7, 11) is 0. The number of nitrogens with zero attached hydrogens (tertiary/aromatic N) is 1. The molecule has 0 fully saturated rings. The molecular formula is C18H12Cl2FNS. The highest BCUT2D eigenvalue weighted by Gasteiger charge is 2.18. The van der Waals surface area contributed by atoms with Crippen LogP contribution in [0.1, 0.15) is 16.4 Å². The van der Waals surface area contributed by atoms with E-state index in [0.29, 0.717) is 10.0 Å². The Bertz CT molecular complexity index is 794. The molecule has 0 N–H and O–H groups in total. The molecule has 0 aliphatic carbocycles. The summed E-state index contributed by atoms with van der Waals surface area (Å²) in [5, 5.41) is 0.983. The van der Waals surface area contributed by atoms with Crippen molar-refractivity contribution in [3.05, 3.63) is 94.0 Å². The van der Waals surface area contributed by atoms with Gasteiger partial charge in [0.05, 0.1) is 15.3 Å². The molecule has 1 nitrogen and oxygen atoms in total. The molecule has 116 valence electrons. The number of thioether (sulfide) groups is 1. The second kappa shape index (κ2) is 7.35. The van der Waals surface area contributed by atoms with Crippen LogP contribution in [0.3, 0.4) is 0 Å². The molecule has 0 spiro atoms. The quantitative estimate of drug-likeness (QED) is 0.496. The summed E-state index contributed by atoms with van der Waals surface area (Å²) >= 11 is 14.0. The molecule has 23 heavy (non-hydrogen) atoms. The lowest BCUT2D eigenvalue weighted by atomic mass is 10.1. The van der Waals surface area contributed by atoms with Crippen molar-refractivity contribution in [2.75, 3.05) is 0 Å². The van der Waals surface area contributed by atoms with E-state index < -0.39 is 0 Å². The minimum Gasteiger partial charge on any atom is -0.264 e. The molecule has 5 heteroatoms. The van der Waals surface area contributed by atoms with Crippen LogP contribution in [0.2, 0.25) is 10.0 Å². The summed E-state index contributed by atoms with van der Waals surface area (Å²) in [5.41, 5.74) is 1.99. The van der Waals surface area contributed by atoms with Gasteiger partial charge in [0.2, 0.25) is 0 Å². The average molecular weight is 364 g/mol. The van der Waals surface area contributed by atoms with Gasteiger partial charge >= 0.3 is 0 Å². The number of rotatable bonds is 4. The molecule has 0 amide bonds. The van der Waals surface area contributed by atoms with Gasteiger partial charge < -0.3 is 0 Å². The van der Waals surface area contributed by atoms with E-state index in [9.17, 15) is 4.39 Å². The van der Waals surface area contributed by atoms with Gasteiger partial charge in [0.25, 0.3) is 0 Å². The minimum atomic E-state index is -0.260. The molecular weight excluding hydrogens is 352 g/mol. The molecule has 2 aromatic carbocycles. The molecule has 1 atom stereocenters. The van der Waals surface area contributed by atoms with E-state index in [-0.39, 0.29) is 11.1 Å². The van der Waals surface area contributed by atoms with Gasteiger partial charge in [-0.2, -0.15) is 0 Å². The maximum absolute atomic E-state index is 13.2. The van der Waals surface area contributed by atoms with Gasteiger partial charge in [-0.1, -0.05) is 47.5 Å². The fraction of sp³-hybridized carbons (Fsp3) is 0.0556. The summed E-state index contributed by atoms with van der Waals surface area (Å²) in [6.45, 7) is 0. The van der Waals surface area contributed by atoms with E-state index in [1.54, 1.807) is 42.4 Å². The van der Waals surface area contributed by atoms with E-state index in [1.807, 2.05) is 24.3 Å². The lowest BCUT2D eigenvalue weighted by molar-refractivity contribution is 0.627. The molecule has 0 aliphatic rings. The molecule has 0 saturated carbocycles. The van der Waals surface area contributed by atoms with Gasteiger partial charge in [0, 0.05) is 17.3 Å². The van der Waals surface area contributed by atoms with Crippen LogP contribution in [0.15, 0.2) is 71.9 Å². The zero-order valence-corrected chi connectivity index (χ0v) is 14.2. The maximum Gasteiger partial charge on any atom is 0.123 e. The van der Waals surface area contributed by atoms with Crippen molar-refractivity contribution >= 4 is 35.0 Å². The summed E-state index contributed by atoms with van der Waals surface area (Å²) in [4.78, 5) is 5.06. The maximum atomic E-state index is 13.2. The second-order valence-corrected chi connectivity index (χ2v) is 6.82. The van der Waals surface area contributed by atoms with Gasteiger partial charge in [-0.25, -0.2) is 4.39 Å². The highest BCUT2D eigenvalue weighted by molar-refractivity contribution is 7.99. The highest BCUT2D eigenvalue weighted by atomic mass is 35.5. The topological polar surface area (TPSA) is 12.9 Å². The Labute approximate surface area is 148 Å². The van der Waals surface area contributed by atoms with Gasteiger partial charge in [-0.05, 0) is 41.5 Å². The van der Waals surface area contributed by atoms with Crippen LogP contribution >= 0.6 is 35.0 Å². The monoisotopic (exact) mass is 363 g/mol. The van der Waals surface area contributed by atoms with Crippen LogP contribution in [0.25, 0.3) is 0 Å². The minimum absolute atomic E-state index is 0.0553. The second-order valence-electron chi connectivity index (χ2n) is 4.89. The van der Waals surface area contributed by atoms with Crippen molar-refractivity contribution in [3.63, 3.8) is 0 Å². The van der Waals surface area contributed by atoms with E-state index in [2.05, 4.69) is 4.98 Å². The molecule has 1 heterocycles. The zero-order chi connectivity index (χ0) is 16.2. The first-order valence-electron chi connectivity index (χ1n) is 6.91. The number of hydrogen-bond donors (Lipinski definition) is 0. The molecule has 3 rings (SSSR count). The Kier molecular flexibility index (Phi) is 5.21. The predicted octanol–water partition coefficient (Wildman–Crippen LogP) is 6.41. The number of pyridine rings is 1. The Morgan fingerprint density at radius 1 is 0.913 bits per heavy atom. The SMILES string of the molecule is Fc1ccc(C(Sc2cccc(Cl)c2Cl)c2cccnc2)cc1. The van der Waals surface area contributed by atoms with Crippen molar-refractivity contribution in [1.82, 2.24) is 4.98 Å². The number of hydrogen-bond acceptors (Lipinski definition) is 2. The third kappa shape index (κ3) is 3.86. The van der Waals surface area contributed by atoms with Gasteiger partial charge in [-0.3, -0.25) is 4.98 Å². The van der Waals surface area contributed by atoms with E-state index in [1.165, 1.54) is 12.1 Å². The summed E-state index contributed by atoms with van der Waals surface area (Å²) in [5.74, 6) is -0.260. The first kappa shape index (κ1) is 16.3. The summed E-state index contributed by atoms with van der Waals surface area (Å²) < 4.78 is 13.2. The van der Waals surface area contributed by atoms with E-state index in [0.717, 1.165) is 16.0 Å². The molecule has 0 saturated heterocycles. The molecule has 0 bridgehead atoms. The smallest absolute Gasteiger partial charge is 0.123 e. The first-order chi connectivity index (χ1) is 11.1. The first-order valence-corrected chi connectivity index (χ1v) is 8.55. The van der Waals surface area contributed by atoms with Crippen LogP contribution in [0.4, 0.5) is 4.39 Å². The lowest BCUT2D eigenvalue weighted by Gasteiger charge is -2.18. The van der Waals surface area contributed by atoms with Crippen LogP contribution in [0.5, 0.6) is 0 Å². The third-order valence-electron chi connectivity index (χ3n) is 3.32.